The third-order valence-electron chi connectivity index (χ3n) is 7.22. The monoisotopic (exact) mass is 502 g/mol. The van der Waals surface area contributed by atoms with Gasteiger partial charge in [-0.15, -0.1) is 0 Å². The third-order valence-corrected chi connectivity index (χ3v) is 7.22. The van der Waals surface area contributed by atoms with E-state index >= 15 is 0 Å². The minimum absolute atomic E-state index is 0.178. The Balaban J connectivity index is 1.69. The lowest BCUT2D eigenvalue weighted by Gasteiger charge is -2.18. The Labute approximate surface area is 216 Å². The molecule has 1 saturated heterocycles. The number of hydrogen-bond donors (Lipinski definition) is 3. The van der Waals surface area contributed by atoms with Crippen molar-refractivity contribution >= 4 is 11.8 Å². The zero-order valence-electron chi connectivity index (χ0n) is 22.4. The van der Waals surface area contributed by atoms with E-state index < -0.39 is 18.2 Å². The van der Waals surface area contributed by atoms with Crippen LogP contribution in [-0.2, 0) is 14.3 Å². The number of phenolic OH excluding ortho intramolecular Hbond substituents is 2. The quantitative estimate of drug-likeness (QED) is 0.0925. The summed E-state index contributed by atoms with van der Waals surface area (Å²) in [6.45, 7) is 5.92. The molecule has 6 nitrogen and oxygen atoms in total. The first-order valence-electron chi connectivity index (χ1n) is 13.8. The molecule has 0 unspecified atom stereocenters. The number of unbranched alkanes of at least 4 members (excludes halogenated alkanes) is 10. The van der Waals surface area contributed by atoms with Gasteiger partial charge < -0.3 is 24.9 Å². The van der Waals surface area contributed by atoms with Crippen molar-refractivity contribution in [1.29, 1.82) is 0 Å². The van der Waals surface area contributed by atoms with E-state index in [-0.39, 0.29) is 23.0 Å². The average Bonchev–Trinajstić information content (AvgIpc) is 3.10. The van der Waals surface area contributed by atoms with Crippen molar-refractivity contribution in [3.8, 4) is 11.5 Å². The first-order chi connectivity index (χ1) is 17.2. The lowest BCUT2D eigenvalue weighted by atomic mass is 9.87. The summed E-state index contributed by atoms with van der Waals surface area (Å²) in [5, 5.41) is 30.1. The third kappa shape index (κ3) is 9.96. The van der Waals surface area contributed by atoms with Crippen LogP contribution >= 0.6 is 0 Å². The number of aliphatic hydroxyl groups excluding tert-OH is 1. The minimum Gasteiger partial charge on any atom is -0.504 e. The summed E-state index contributed by atoms with van der Waals surface area (Å²) in [5.41, 5.74) is 0.733. The molecule has 202 valence electrons. The standard InChI is InChI=1S/C30H46O6/c1-21(2)23(16-14-12-10-8-6-4-5-7-9-11-13-15-22(3)31)19-25-28(34)29(36-30(25)35)24-17-18-26(32)27(33)20-24/h17-21,23,28-29,32-34H,4-16H2,1-3H3/t23-,28-,29+/m0/s1. The molecule has 36 heavy (non-hydrogen) atoms. The van der Waals surface area contributed by atoms with Gasteiger partial charge in [0.1, 0.15) is 11.9 Å². The Morgan fingerprint density at radius 2 is 1.47 bits per heavy atom. The average molecular weight is 503 g/mol. The molecule has 1 aromatic rings. The van der Waals surface area contributed by atoms with Crippen LogP contribution in [0.3, 0.4) is 0 Å². The van der Waals surface area contributed by atoms with Crippen molar-refractivity contribution in [3.05, 3.63) is 35.4 Å². The molecule has 0 bridgehead atoms. The van der Waals surface area contributed by atoms with Crippen molar-refractivity contribution in [2.75, 3.05) is 0 Å². The number of benzene rings is 1. The normalized spacial score (nSPS) is 19.7. The predicted octanol–water partition coefficient (Wildman–Crippen LogP) is 6.92. The maximum Gasteiger partial charge on any atom is 0.337 e. The van der Waals surface area contributed by atoms with Gasteiger partial charge in [0.05, 0.1) is 5.57 Å². The number of carbonyl (C=O) groups is 2. The Kier molecular flexibility index (Phi) is 13.0. The molecule has 6 heteroatoms. The van der Waals surface area contributed by atoms with Gasteiger partial charge in [-0.1, -0.05) is 90.2 Å². The summed E-state index contributed by atoms with van der Waals surface area (Å²) >= 11 is 0. The predicted molar refractivity (Wildman–Crippen MR) is 142 cm³/mol. The fraction of sp³-hybridized carbons (Fsp3) is 0.667. The Hall–Kier alpha value is -2.34. The van der Waals surface area contributed by atoms with E-state index in [1.54, 1.807) is 6.92 Å². The fourth-order valence-corrected chi connectivity index (χ4v) is 4.85. The van der Waals surface area contributed by atoms with Gasteiger partial charge in [0.2, 0.25) is 0 Å². The largest absolute Gasteiger partial charge is 0.504 e. The number of aliphatic hydroxyl groups is 1. The van der Waals surface area contributed by atoms with Gasteiger partial charge in [0.15, 0.2) is 17.6 Å². The van der Waals surface area contributed by atoms with E-state index in [0.29, 0.717) is 17.3 Å². The van der Waals surface area contributed by atoms with Crippen molar-refractivity contribution in [2.24, 2.45) is 11.8 Å². The highest BCUT2D eigenvalue weighted by atomic mass is 16.6. The van der Waals surface area contributed by atoms with Gasteiger partial charge in [0.25, 0.3) is 0 Å². The van der Waals surface area contributed by atoms with Crippen LogP contribution in [0.15, 0.2) is 29.8 Å². The summed E-state index contributed by atoms with van der Waals surface area (Å²) in [6, 6.07) is 4.18. The number of cyclic esters (lactones) is 1. The number of Topliss-reactive ketones (excluding diaryl/α,β-unsaturated/α-hetero) is 1. The molecule has 1 aliphatic rings. The molecule has 0 aromatic heterocycles. The molecule has 3 atom stereocenters. The summed E-state index contributed by atoms with van der Waals surface area (Å²) in [7, 11) is 0. The lowest BCUT2D eigenvalue weighted by Crippen LogP contribution is -2.16. The van der Waals surface area contributed by atoms with Crippen LogP contribution in [0.25, 0.3) is 0 Å². The number of ether oxygens (including phenoxy) is 1. The molecular formula is C30H46O6. The molecule has 1 aliphatic heterocycles. The van der Waals surface area contributed by atoms with Gasteiger partial charge in [-0.3, -0.25) is 0 Å². The van der Waals surface area contributed by atoms with Gasteiger partial charge in [-0.05, 0) is 49.3 Å². The molecule has 1 heterocycles. The second-order valence-corrected chi connectivity index (χ2v) is 10.7. The highest BCUT2D eigenvalue weighted by Gasteiger charge is 2.40. The molecule has 1 aromatic carbocycles. The molecule has 0 aliphatic carbocycles. The maximum atomic E-state index is 12.5. The van der Waals surface area contributed by atoms with Gasteiger partial charge in [0, 0.05) is 6.42 Å². The first-order valence-corrected chi connectivity index (χ1v) is 13.8. The molecule has 0 saturated carbocycles. The SMILES string of the molecule is CC(=O)CCCCCCCCCCCCC[C@@H](C=C1C(=O)O[C@H](c2ccc(O)c(O)c2)[C@H]1O)C(C)C. The number of rotatable bonds is 17. The molecule has 0 spiro atoms. The van der Waals surface area contributed by atoms with Gasteiger partial charge in [-0.2, -0.15) is 0 Å². The Morgan fingerprint density at radius 1 is 0.917 bits per heavy atom. The number of hydrogen-bond acceptors (Lipinski definition) is 6. The first kappa shape index (κ1) is 29.9. The lowest BCUT2D eigenvalue weighted by molar-refractivity contribution is -0.140. The maximum absolute atomic E-state index is 12.5. The van der Waals surface area contributed by atoms with E-state index in [2.05, 4.69) is 13.8 Å². The number of esters is 1. The molecule has 0 radical (unpaired) electrons. The number of carbonyl (C=O) groups excluding carboxylic acids is 2. The van der Waals surface area contributed by atoms with Crippen molar-refractivity contribution in [3.63, 3.8) is 0 Å². The zero-order chi connectivity index (χ0) is 26.5. The summed E-state index contributed by atoms with van der Waals surface area (Å²) in [5.74, 6) is -0.280. The fourth-order valence-electron chi connectivity index (χ4n) is 4.85. The van der Waals surface area contributed by atoms with Crippen LogP contribution in [0.2, 0.25) is 0 Å². The van der Waals surface area contributed by atoms with E-state index in [9.17, 15) is 24.9 Å². The molecule has 3 N–H and O–H groups in total. The molecule has 0 amide bonds. The Morgan fingerprint density at radius 3 is 2.00 bits per heavy atom. The van der Waals surface area contributed by atoms with E-state index in [4.69, 9.17) is 4.74 Å². The second-order valence-electron chi connectivity index (χ2n) is 10.7. The molecule has 2 rings (SSSR count). The number of aromatic hydroxyl groups is 2. The van der Waals surface area contributed by atoms with Crippen LogP contribution in [0.1, 0.15) is 116 Å². The highest BCUT2D eigenvalue weighted by molar-refractivity contribution is 5.92. The van der Waals surface area contributed by atoms with E-state index in [1.807, 2.05) is 6.08 Å². The van der Waals surface area contributed by atoms with Crippen LogP contribution in [0, 0.1) is 11.8 Å². The van der Waals surface area contributed by atoms with Crippen LogP contribution in [-0.4, -0.2) is 33.2 Å². The topological polar surface area (TPSA) is 104 Å². The second kappa shape index (κ2) is 15.7. The van der Waals surface area contributed by atoms with Crippen LogP contribution in [0.5, 0.6) is 11.5 Å². The molecule has 1 fully saturated rings. The van der Waals surface area contributed by atoms with Crippen LogP contribution in [0.4, 0.5) is 0 Å². The van der Waals surface area contributed by atoms with Crippen molar-refractivity contribution < 1.29 is 29.6 Å². The van der Waals surface area contributed by atoms with Gasteiger partial charge >= 0.3 is 5.97 Å². The number of allylic oxidation sites excluding steroid dienone is 1. The Bertz CT molecular complexity index is 859. The van der Waals surface area contributed by atoms with E-state index in [1.165, 1.54) is 76.0 Å². The zero-order valence-corrected chi connectivity index (χ0v) is 22.4. The summed E-state index contributed by atoms with van der Waals surface area (Å²) in [4.78, 5) is 23.4. The van der Waals surface area contributed by atoms with Crippen LogP contribution < -0.4 is 0 Å². The van der Waals surface area contributed by atoms with Crippen molar-refractivity contribution in [1.82, 2.24) is 0 Å². The van der Waals surface area contributed by atoms with Gasteiger partial charge in [-0.25, -0.2) is 4.79 Å². The molecular weight excluding hydrogens is 456 g/mol. The van der Waals surface area contributed by atoms with Crippen molar-refractivity contribution in [2.45, 2.75) is 116 Å². The number of ketones is 1. The number of phenols is 2. The van der Waals surface area contributed by atoms with E-state index in [0.717, 1.165) is 25.7 Å². The smallest absolute Gasteiger partial charge is 0.337 e. The summed E-state index contributed by atoms with van der Waals surface area (Å²) in [6.07, 6.45) is 14.9. The summed E-state index contributed by atoms with van der Waals surface area (Å²) < 4.78 is 5.41. The minimum atomic E-state index is -1.10. The highest BCUT2D eigenvalue weighted by Crippen LogP contribution is 2.38.